The summed E-state index contributed by atoms with van der Waals surface area (Å²) in [5, 5.41) is 0. The molecule has 19 heavy (non-hydrogen) atoms. The molecule has 0 atom stereocenters. The van der Waals surface area contributed by atoms with Crippen molar-refractivity contribution >= 4 is 5.69 Å². The molecule has 1 heterocycles. The van der Waals surface area contributed by atoms with Crippen molar-refractivity contribution < 1.29 is 9.47 Å². The number of rotatable bonds is 8. The molecule has 0 radical (unpaired) electrons. The van der Waals surface area contributed by atoms with E-state index in [2.05, 4.69) is 9.88 Å². The SMILES string of the molecule is CN(C)CCCOc1ccc(N)c(OCC2CC2)n1. The van der Waals surface area contributed by atoms with Crippen LogP contribution >= 0.6 is 0 Å². The molecular formula is C14H23N3O2. The summed E-state index contributed by atoms with van der Waals surface area (Å²) >= 11 is 0. The van der Waals surface area contributed by atoms with Crippen LogP contribution in [0.3, 0.4) is 0 Å². The lowest BCUT2D eigenvalue weighted by Gasteiger charge is -2.11. The van der Waals surface area contributed by atoms with E-state index in [0.717, 1.165) is 13.0 Å². The van der Waals surface area contributed by atoms with Crippen LogP contribution in [0.1, 0.15) is 19.3 Å². The Morgan fingerprint density at radius 3 is 2.79 bits per heavy atom. The Morgan fingerprint density at radius 2 is 2.11 bits per heavy atom. The van der Waals surface area contributed by atoms with Gasteiger partial charge in [0, 0.05) is 12.6 Å². The summed E-state index contributed by atoms with van der Waals surface area (Å²) in [5.41, 5.74) is 6.41. The van der Waals surface area contributed by atoms with Crippen molar-refractivity contribution in [2.75, 3.05) is 39.6 Å². The Kier molecular flexibility index (Phi) is 4.85. The van der Waals surface area contributed by atoms with Crippen LogP contribution in [0, 0.1) is 5.92 Å². The Bertz CT molecular complexity index is 406. The summed E-state index contributed by atoms with van der Waals surface area (Å²) < 4.78 is 11.2. The molecule has 0 unspecified atom stereocenters. The third-order valence-electron chi connectivity index (χ3n) is 3.02. The minimum absolute atomic E-state index is 0.497. The maximum Gasteiger partial charge on any atom is 0.240 e. The minimum Gasteiger partial charge on any atom is -0.478 e. The molecule has 0 saturated heterocycles. The second-order valence-electron chi connectivity index (χ2n) is 5.30. The molecule has 1 saturated carbocycles. The van der Waals surface area contributed by atoms with Crippen LogP contribution in [-0.4, -0.2) is 43.7 Å². The lowest BCUT2D eigenvalue weighted by atomic mass is 10.4. The van der Waals surface area contributed by atoms with Crippen LogP contribution in [0.25, 0.3) is 0 Å². The van der Waals surface area contributed by atoms with Gasteiger partial charge in [0.2, 0.25) is 11.8 Å². The third-order valence-corrected chi connectivity index (χ3v) is 3.02. The number of anilines is 1. The molecule has 5 heteroatoms. The summed E-state index contributed by atoms with van der Waals surface area (Å²) in [5.74, 6) is 1.77. The highest BCUT2D eigenvalue weighted by Gasteiger charge is 2.22. The summed E-state index contributed by atoms with van der Waals surface area (Å²) in [6, 6.07) is 3.57. The number of ether oxygens (including phenoxy) is 2. The number of aromatic nitrogens is 1. The van der Waals surface area contributed by atoms with E-state index in [0.29, 0.717) is 36.6 Å². The molecule has 2 rings (SSSR count). The molecule has 0 aliphatic heterocycles. The molecule has 5 nitrogen and oxygen atoms in total. The number of nitrogens with zero attached hydrogens (tertiary/aromatic N) is 2. The zero-order valence-electron chi connectivity index (χ0n) is 11.8. The van der Waals surface area contributed by atoms with E-state index in [1.165, 1.54) is 12.8 Å². The molecule has 106 valence electrons. The van der Waals surface area contributed by atoms with Gasteiger partial charge in [0.25, 0.3) is 0 Å². The Balaban J connectivity index is 1.80. The van der Waals surface area contributed by atoms with Crippen LogP contribution in [0.2, 0.25) is 0 Å². The first-order chi connectivity index (χ1) is 9.15. The quantitative estimate of drug-likeness (QED) is 0.726. The number of hydrogen-bond acceptors (Lipinski definition) is 5. The van der Waals surface area contributed by atoms with Crippen LogP contribution in [0.15, 0.2) is 12.1 Å². The fourth-order valence-electron chi connectivity index (χ4n) is 1.67. The zero-order valence-corrected chi connectivity index (χ0v) is 11.8. The fraction of sp³-hybridized carbons (Fsp3) is 0.643. The summed E-state index contributed by atoms with van der Waals surface area (Å²) in [6.07, 6.45) is 3.47. The lowest BCUT2D eigenvalue weighted by molar-refractivity contribution is 0.259. The van der Waals surface area contributed by atoms with Gasteiger partial charge >= 0.3 is 0 Å². The van der Waals surface area contributed by atoms with E-state index in [-0.39, 0.29) is 0 Å². The van der Waals surface area contributed by atoms with Crippen LogP contribution < -0.4 is 15.2 Å². The maximum atomic E-state index is 5.84. The Hall–Kier alpha value is -1.49. The number of nitrogen functional groups attached to an aromatic ring is 1. The van der Waals surface area contributed by atoms with Crippen LogP contribution in [-0.2, 0) is 0 Å². The van der Waals surface area contributed by atoms with Crippen LogP contribution in [0.5, 0.6) is 11.8 Å². The molecule has 1 aliphatic rings. The van der Waals surface area contributed by atoms with E-state index < -0.39 is 0 Å². The molecule has 1 fully saturated rings. The average Bonchev–Trinajstić information content (AvgIpc) is 3.18. The molecule has 1 aromatic heterocycles. The Morgan fingerprint density at radius 1 is 1.32 bits per heavy atom. The average molecular weight is 265 g/mol. The van der Waals surface area contributed by atoms with Gasteiger partial charge in [-0.05, 0) is 45.3 Å². The van der Waals surface area contributed by atoms with Crippen molar-refractivity contribution in [3.05, 3.63) is 12.1 Å². The predicted octanol–water partition coefficient (Wildman–Crippen LogP) is 1.78. The van der Waals surface area contributed by atoms with Gasteiger partial charge in [0.15, 0.2) is 0 Å². The van der Waals surface area contributed by atoms with Gasteiger partial charge in [-0.3, -0.25) is 0 Å². The van der Waals surface area contributed by atoms with E-state index in [1.807, 2.05) is 14.1 Å². The van der Waals surface area contributed by atoms with Gasteiger partial charge in [-0.1, -0.05) is 0 Å². The standard InChI is InChI=1S/C14H23N3O2/c1-17(2)8-3-9-18-13-7-6-12(15)14(16-13)19-10-11-4-5-11/h6-7,11H,3-5,8-10,15H2,1-2H3. The molecule has 1 aromatic rings. The normalized spacial score (nSPS) is 14.7. The first-order valence-electron chi connectivity index (χ1n) is 6.82. The van der Waals surface area contributed by atoms with Gasteiger partial charge in [0.1, 0.15) is 0 Å². The second kappa shape index (κ2) is 6.61. The van der Waals surface area contributed by atoms with Crippen molar-refractivity contribution in [2.45, 2.75) is 19.3 Å². The third kappa shape index (κ3) is 4.95. The molecule has 0 aromatic carbocycles. The largest absolute Gasteiger partial charge is 0.478 e. The highest BCUT2D eigenvalue weighted by molar-refractivity contribution is 5.49. The van der Waals surface area contributed by atoms with Gasteiger partial charge in [0.05, 0.1) is 18.9 Å². The first-order valence-corrected chi connectivity index (χ1v) is 6.82. The first kappa shape index (κ1) is 13.9. The number of pyridine rings is 1. The van der Waals surface area contributed by atoms with Gasteiger partial charge < -0.3 is 20.1 Å². The monoisotopic (exact) mass is 265 g/mol. The van der Waals surface area contributed by atoms with E-state index >= 15 is 0 Å². The van der Waals surface area contributed by atoms with Crippen molar-refractivity contribution in [1.29, 1.82) is 0 Å². The number of nitrogens with two attached hydrogens (primary N) is 1. The molecule has 0 bridgehead atoms. The van der Waals surface area contributed by atoms with Gasteiger partial charge in [-0.15, -0.1) is 0 Å². The van der Waals surface area contributed by atoms with Gasteiger partial charge in [-0.25, -0.2) is 0 Å². The van der Waals surface area contributed by atoms with Crippen molar-refractivity contribution in [3.8, 4) is 11.8 Å². The Labute approximate surface area is 114 Å². The maximum absolute atomic E-state index is 5.84. The topological polar surface area (TPSA) is 60.6 Å². The fourth-order valence-corrected chi connectivity index (χ4v) is 1.67. The second-order valence-corrected chi connectivity index (χ2v) is 5.30. The lowest BCUT2D eigenvalue weighted by Crippen LogP contribution is -2.15. The van der Waals surface area contributed by atoms with Crippen molar-refractivity contribution in [2.24, 2.45) is 5.92 Å². The minimum atomic E-state index is 0.497. The predicted molar refractivity (Wildman–Crippen MR) is 75.5 cm³/mol. The van der Waals surface area contributed by atoms with E-state index in [1.54, 1.807) is 12.1 Å². The summed E-state index contributed by atoms with van der Waals surface area (Å²) in [6.45, 7) is 2.36. The molecule has 1 aliphatic carbocycles. The molecule has 2 N–H and O–H groups in total. The highest BCUT2D eigenvalue weighted by atomic mass is 16.5. The summed E-state index contributed by atoms with van der Waals surface area (Å²) in [7, 11) is 4.09. The highest BCUT2D eigenvalue weighted by Crippen LogP contribution is 2.30. The molecular weight excluding hydrogens is 242 g/mol. The zero-order chi connectivity index (χ0) is 13.7. The summed E-state index contributed by atoms with van der Waals surface area (Å²) in [4.78, 5) is 6.43. The smallest absolute Gasteiger partial charge is 0.240 e. The molecule has 0 spiro atoms. The molecule has 0 amide bonds. The van der Waals surface area contributed by atoms with E-state index in [4.69, 9.17) is 15.2 Å². The number of hydrogen-bond donors (Lipinski definition) is 1. The van der Waals surface area contributed by atoms with Crippen molar-refractivity contribution in [1.82, 2.24) is 9.88 Å². The van der Waals surface area contributed by atoms with E-state index in [9.17, 15) is 0 Å². The van der Waals surface area contributed by atoms with Crippen LogP contribution in [0.4, 0.5) is 5.69 Å². The van der Waals surface area contributed by atoms with Gasteiger partial charge in [-0.2, -0.15) is 4.98 Å². The van der Waals surface area contributed by atoms with Crippen molar-refractivity contribution in [3.63, 3.8) is 0 Å².